The molecule has 1 N–H and O–H groups in total. The maximum atomic E-state index is 13.8. The number of amides is 3. The van der Waals surface area contributed by atoms with Crippen molar-refractivity contribution < 1.29 is 19.1 Å². The van der Waals surface area contributed by atoms with Gasteiger partial charge in [0.25, 0.3) is 0 Å². The number of imide groups is 1. The summed E-state index contributed by atoms with van der Waals surface area (Å²) in [5, 5.41) is 3.41. The predicted molar refractivity (Wildman–Crippen MR) is 114 cm³/mol. The summed E-state index contributed by atoms with van der Waals surface area (Å²) >= 11 is 6.14. The number of hydrogen-bond acceptors (Lipinski definition) is 5. The van der Waals surface area contributed by atoms with Crippen molar-refractivity contribution in [3.8, 4) is 5.75 Å². The van der Waals surface area contributed by atoms with Gasteiger partial charge in [0.1, 0.15) is 11.3 Å². The monoisotopic (exact) mass is 437 g/mol. The van der Waals surface area contributed by atoms with E-state index in [2.05, 4.69) is 10.2 Å². The molecule has 6 rings (SSSR count). The van der Waals surface area contributed by atoms with Gasteiger partial charge in [-0.15, -0.1) is 0 Å². The molecule has 31 heavy (non-hydrogen) atoms. The summed E-state index contributed by atoms with van der Waals surface area (Å²) < 4.78 is 5.42. The van der Waals surface area contributed by atoms with Crippen LogP contribution in [0.15, 0.2) is 42.5 Å². The zero-order chi connectivity index (χ0) is 21.5. The van der Waals surface area contributed by atoms with Gasteiger partial charge in [0, 0.05) is 22.3 Å². The smallest absolute Gasteiger partial charge is 0.250 e. The highest BCUT2D eigenvalue weighted by Gasteiger charge is 2.74. The Morgan fingerprint density at radius 1 is 1.13 bits per heavy atom. The van der Waals surface area contributed by atoms with E-state index >= 15 is 0 Å². The van der Waals surface area contributed by atoms with Crippen LogP contribution in [0.25, 0.3) is 0 Å². The maximum Gasteiger partial charge on any atom is 0.250 e. The second-order valence-electron chi connectivity index (χ2n) is 8.53. The highest BCUT2D eigenvalue weighted by Crippen LogP contribution is 2.61. The largest absolute Gasteiger partial charge is 0.497 e. The minimum absolute atomic E-state index is 0.159. The van der Waals surface area contributed by atoms with Crippen molar-refractivity contribution in [2.75, 3.05) is 23.9 Å². The molecule has 4 aliphatic heterocycles. The highest BCUT2D eigenvalue weighted by atomic mass is 35.5. The second kappa shape index (κ2) is 6.31. The summed E-state index contributed by atoms with van der Waals surface area (Å²) in [5.41, 5.74) is 0.611. The van der Waals surface area contributed by atoms with Crippen molar-refractivity contribution in [1.82, 2.24) is 4.90 Å². The van der Waals surface area contributed by atoms with Gasteiger partial charge in [0.05, 0.1) is 24.6 Å². The maximum absolute atomic E-state index is 13.8. The summed E-state index contributed by atoms with van der Waals surface area (Å²) in [6.45, 7) is 0.666. The van der Waals surface area contributed by atoms with Crippen LogP contribution in [0.5, 0.6) is 5.75 Å². The van der Waals surface area contributed by atoms with Crippen molar-refractivity contribution in [2.24, 2.45) is 11.8 Å². The number of benzene rings is 2. The lowest BCUT2D eigenvalue weighted by Gasteiger charge is -2.36. The fraction of sp³-hybridized carbons (Fsp3) is 0.348. The number of hydrogen-bond donors (Lipinski definition) is 1. The van der Waals surface area contributed by atoms with Crippen LogP contribution < -0.4 is 15.0 Å². The normalized spacial score (nSPS) is 31.2. The molecule has 1 spiro atoms. The van der Waals surface area contributed by atoms with Crippen LogP contribution >= 0.6 is 11.6 Å². The van der Waals surface area contributed by atoms with Crippen LogP contribution in [-0.4, -0.2) is 42.3 Å². The van der Waals surface area contributed by atoms with Crippen LogP contribution in [0.2, 0.25) is 5.02 Å². The Kier molecular flexibility index (Phi) is 3.83. The summed E-state index contributed by atoms with van der Waals surface area (Å²) in [5.74, 6) is -1.61. The summed E-state index contributed by atoms with van der Waals surface area (Å²) in [6, 6.07) is 12.0. The van der Waals surface area contributed by atoms with Crippen LogP contribution in [0.3, 0.4) is 0 Å². The number of fused-ring (bicyclic) bond motifs is 7. The van der Waals surface area contributed by atoms with E-state index in [-0.39, 0.29) is 23.8 Å². The first kappa shape index (κ1) is 18.8. The molecular formula is C23H20ClN3O4. The molecule has 0 aliphatic carbocycles. The summed E-state index contributed by atoms with van der Waals surface area (Å²) in [4.78, 5) is 44.4. The molecule has 0 bridgehead atoms. The van der Waals surface area contributed by atoms with Crippen molar-refractivity contribution in [1.29, 1.82) is 0 Å². The topological polar surface area (TPSA) is 79.0 Å². The van der Waals surface area contributed by atoms with Crippen LogP contribution in [0.4, 0.5) is 11.4 Å². The molecule has 3 saturated heterocycles. The molecule has 7 nitrogen and oxygen atoms in total. The van der Waals surface area contributed by atoms with Crippen LogP contribution in [0, 0.1) is 11.8 Å². The Bertz CT molecular complexity index is 1170. The zero-order valence-electron chi connectivity index (χ0n) is 16.8. The van der Waals surface area contributed by atoms with E-state index in [1.54, 1.807) is 43.5 Å². The van der Waals surface area contributed by atoms with Gasteiger partial charge in [-0.05, 0) is 55.8 Å². The first-order valence-electron chi connectivity index (χ1n) is 10.4. The van der Waals surface area contributed by atoms with E-state index < -0.39 is 17.4 Å². The fourth-order valence-electron chi connectivity index (χ4n) is 6.18. The number of halogens is 1. The van der Waals surface area contributed by atoms with E-state index in [4.69, 9.17) is 16.3 Å². The standard InChI is InChI=1S/C23H20ClN3O4/c1-31-14-7-8-16-15(11-14)23(22(30)25-16)19-18(17-6-3-9-26(17)23)20(28)27(21(19)29)13-5-2-4-12(24)10-13/h2,4-5,7-8,10-11,17-19H,3,6,9H2,1H3,(H,25,30)/t17-,18+,19-,23+/m0/s1. The van der Waals surface area contributed by atoms with Gasteiger partial charge in [-0.2, -0.15) is 0 Å². The van der Waals surface area contributed by atoms with Crippen molar-refractivity contribution in [3.05, 3.63) is 53.1 Å². The van der Waals surface area contributed by atoms with Crippen molar-refractivity contribution in [2.45, 2.75) is 24.4 Å². The Hall–Kier alpha value is -2.90. The third kappa shape index (κ3) is 2.20. The lowest BCUT2D eigenvalue weighted by atomic mass is 9.75. The molecule has 4 aliphatic rings. The van der Waals surface area contributed by atoms with Gasteiger partial charge in [-0.1, -0.05) is 17.7 Å². The number of anilines is 2. The molecular weight excluding hydrogens is 418 g/mol. The molecule has 158 valence electrons. The van der Waals surface area contributed by atoms with Crippen molar-refractivity contribution >= 4 is 40.7 Å². The molecule has 8 heteroatoms. The van der Waals surface area contributed by atoms with E-state index in [0.29, 0.717) is 34.3 Å². The Balaban J connectivity index is 1.56. The number of nitrogens with zero attached hydrogens (tertiary/aromatic N) is 2. The average molecular weight is 438 g/mol. The van der Waals surface area contributed by atoms with Gasteiger partial charge in [0.15, 0.2) is 0 Å². The average Bonchev–Trinajstić information content (AvgIpc) is 3.46. The van der Waals surface area contributed by atoms with E-state index in [1.165, 1.54) is 4.90 Å². The first-order chi connectivity index (χ1) is 15.0. The molecule has 2 aromatic rings. The van der Waals surface area contributed by atoms with E-state index in [9.17, 15) is 14.4 Å². The van der Waals surface area contributed by atoms with Crippen LogP contribution in [-0.2, 0) is 19.9 Å². The van der Waals surface area contributed by atoms with Gasteiger partial charge in [-0.3, -0.25) is 19.3 Å². The number of methoxy groups -OCH3 is 1. The first-order valence-corrected chi connectivity index (χ1v) is 10.8. The number of nitrogens with one attached hydrogen (secondary N) is 1. The lowest BCUT2D eigenvalue weighted by molar-refractivity contribution is -0.135. The number of ether oxygens (including phenoxy) is 1. The highest BCUT2D eigenvalue weighted by molar-refractivity contribution is 6.31. The van der Waals surface area contributed by atoms with Gasteiger partial charge < -0.3 is 10.1 Å². The number of carbonyl (C=O) groups is 3. The number of rotatable bonds is 2. The summed E-state index contributed by atoms with van der Waals surface area (Å²) in [7, 11) is 1.57. The Morgan fingerprint density at radius 3 is 2.74 bits per heavy atom. The molecule has 0 radical (unpaired) electrons. The minimum Gasteiger partial charge on any atom is -0.497 e. The third-order valence-corrected chi connectivity index (χ3v) is 7.50. The Morgan fingerprint density at radius 2 is 1.97 bits per heavy atom. The van der Waals surface area contributed by atoms with Gasteiger partial charge in [-0.25, -0.2) is 4.90 Å². The minimum atomic E-state index is -1.21. The Labute approximate surface area is 183 Å². The van der Waals surface area contributed by atoms with E-state index in [1.807, 2.05) is 6.07 Å². The number of carbonyl (C=O) groups excluding carboxylic acids is 3. The lowest BCUT2D eigenvalue weighted by Crippen LogP contribution is -2.54. The molecule has 0 saturated carbocycles. The molecule has 3 fully saturated rings. The molecule has 0 aromatic heterocycles. The van der Waals surface area contributed by atoms with E-state index in [0.717, 1.165) is 12.8 Å². The van der Waals surface area contributed by atoms with Crippen LogP contribution in [0.1, 0.15) is 18.4 Å². The molecule has 0 unspecified atom stereocenters. The molecule has 3 amide bonds. The van der Waals surface area contributed by atoms with Gasteiger partial charge >= 0.3 is 0 Å². The second-order valence-corrected chi connectivity index (χ2v) is 8.97. The zero-order valence-corrected chi connectivity index (χ0v) is 17.6. The third-order valence-electron chi connectivity index (χ3n) is 7.27. The quantitative estimate of drug-likeness (QED) is 0.731. The van der Waals surface area contributed by atoms with Crippen molar-refractivity contribution in [3.63, 3.8) is 0 Å². The predicted octanol–water partition coefficient (Wildman–Crippen LogP) is 2.78. The molecule has 4 atom stereocenters. The summed E-state index contributed by atoms with van der Waals surface area (Å²) in [6.07, 6.45) is 1.65. The molecule has 2 aromatic carbocycles. The molecule has 4 heterocycles. The SMILES string of the molecule is COc1ccc2c(c1)[C@]1(C(=O)N2)[C@@H]2C(=O)N(c3cccc(Cl)c3)C(=O)[C@@H]2[C@@H]2CCCN21. The fourth-order valence-corrected chi connectivity index (χ4v) is 6.36. The van der Waals surface area contributed by atoms with Gasteiger partial charge in [0.2, 0.25) is 17.7 Å².